The van der Waals surface area contributed by atoms with E-state index in [0.717, 1.165) is 57.8 Å². The van der Waals surface area contributed by atoms with Crippen LogP contribution < -0.4 is 0 Å². The molecular weight excluding hydrogens is 1080 g/mol. The number of aliphatic hydroxyl groups excluding tert-OH is 11. The number of aliphatic hydroxyl groups is 11. The number of unbranched alkanes of at least 4 members (excludes halogenated alkanes) is 23. The summed E-state index contributed by atoms with van der Waals surface area (Å²) in [4.78, 5) is 37.6. The van der Waals surface area contributed by atoms with Gasteiger partial charge in [-0.3, -0.25) is 18.6 Å². The highest BCUT2D eigenvalue weighted by atomic mass is 31.2. The topological polar surface area (TPSA) is 368 Å². The molecule has 3 fully saturated rings. The molecule has 0 bridgehead atoms. The van der Waals surface area contributed by atoms with Crippen LogP contribution in [-0.2, 0) is 51.6 Å². The van der Waals surface area contributed by atoms with Gasteiger partial charge >= 0.3 is 19.8 Å². The minimum Gasteiger partial charge on any atom is -0.462 e. The maximum Gasteiger partial charge on any atom is 0.472 e. The average Bonchev–Trinajstić information content (AvgIpc) is 3.58. The van der Waals surface area contributed by atoms with Crippen molar-refractivity contribution in [1.82, 2.24) is 0 Å². The number of phosphoric acid groups is 1. The molecule has 17 unspecified atom stereocenters. The fourth-order valence-corrected chi connectivity index (χ4v) is 11.6. The predicted molar refractivity (Wildman–Crippen MR) is 296 cm³/mol. The molecule has 81 heavy (non-hydrogen) atoms. The van der Waals surface area contributed by atoms with Crippen molar-refractivity contribution in [3.63, 3.8) is 0 Å². The Labute approximate surface area is 480 Å². The molecule has 0 aromatic carbocycles. The minimum atomic E-state index is -5.63. The summed E-state index contributed by atoms with van der Waals surface area (Å²) in [6.45, 7) is 3.35. The summed E-state index contributed by atoms with van der Waals surface area (Å²) in [5.74, 6) is -0.635. The summed E-state index contributed by atoms with van der Waals surface area (Å²) in [5, 5.41) is 117. The molecule has 0 aromatic heterocycles. The van der Waals surface area contributed by atoms with Gasteiger partial charge in [0.1, 0.15) is 92.1 Å². The van der Waals surface area contributed by atoms with Gasteiger partial charge in [0.15, 0.2) is 18.7 Å². The van der Waals surface area contributed by atoms with E-state index in [0.29, 0.717) is 18.8 Å². The van der Waals surface area contributed by atoms with Crippen LogP contribution in [0.5, 0.6) is 0 Å². The normalized spacial score (nSPS) is 31.3. The van der Waals surface area contributed by atoms with E-state index in [1.165, 1.54) is 109 Å². The van der Waals surface area contributed by atoms with Gasteiger partial charge in [0.25, 0.3) is 0 Å². The second-order valence-electron chi connectivity index (χ2n) is 22.9. The number of ether oxygens (including phenoxy) is 6. The second kappa shape index (κ2) is 41.5. The largest absolute Gasteiger partial charge is 0.472 e. The van der Waals surface area contributed by atoms with E-state index < -0.39 is 150 Å². The van der Waals surface area contributed by atoms with Crippen LogP contribution in [0.2, 0.25) is 0 Å². The Kier molecular flexibility index (Phi) is 37.8. The Balaban J connectivity index is 1.69. The molecule has 478 valence electrons. The minimum absolute atomic E-state index is 0.0276. The molecule has 12 N–H and O–H groups in total. The van der Waals surface area contributed by atoms with Gasteiger partial charge in [0, 0.05) is 12.8 Å². The Morgan fingerprint density at radius 3 is 1.21 bits per heavy atom. The van der Waals surface area contributed by atoms with Crippen molar-refractivity contribution in [2.24, 2.45) is 5.92 Å². The Morgan fingerprint density at radius 2 is 0.815 bits per heavy atom. The predicted octanol–water partition coefficient (Wildman–Crippen LogP) is 4.79. The lowest BCUT2D eigenvalue weighted by molar-refractivity contribution is -0.360. The molecule has 0 aromatic rings. The van der Waals surface area contributed by atoms with E-state index in [2.05, 4.69) is 20.8 Å². The van der Waals surface area contributed by atoms with Crippen LogP contribution in [-0.4, -0.2) is 204 Å². The summed E-state index contributed by atoms with van der Waals surface area (Å²) >= 11 is 0. The number of esters is 2. The molecule has 2 aliphatic heterocycles. The molecule has 1 saturated carbocycles. The zero-order chi connectivity index (χ0) is 59.7. The monoisotopic (exact) mass is 1190 g/mol. The molecule has 2 saturated heterocycles. The molecule has 1 aliphatic carbocycles. The van der Waals surface area contributed by atoms with Gasteiger partial charge in [-0.15, -0.1) is 0 Å². The first-order valence-electron chi connectivity index (χ1n) is 30.8. The average molecular weight is 1190 g/mol. The van der Waals surface area contributed by atoms with Crippen molar-refractivity contribution in [3.8, 4) is 0 Å². The van der Waals surface area contributed by atoms with E-state index >= 15 is 0 Å². The molecule has 17 atom stereocenters. The third-order valence-corrected chi connectivity index (χ3v) is 16.8. The number of carbonyl (C=O) groups is 2. The molecule has 3 aliphatic rings. The zero-order valence-electron chi connectivity index (χ0n) is 48.7. The van der Waals surface area contributed by atoms with Crippen LogP contribution in [0.3, 0.4) is 0 Å². The first-order chi connectivity index (χ1) is 38.8. The highest BCUT2D eigenvalue weighted by molar-refractivity contribution is 7.47. The molecule has 23 nitrogen and oxygen atoms in total. The number of rotatable bonds is 45. The van der Waals surface area contributed by atoms with Crippen LogP contribution in [0.4, 0.5) is 0 Å². The first-order valence-corrected chi connectivity index (χ1v) is 32.3. The Morgan fingerprint density at radius 1 is 0.457 bits per heavy atom. The van der Waals surface area contributed by atoms with Crippen molar-refractivity contribution >= 4 is 19.8 Å². The van der Waals surface area contributed by atoms with Crippen molar-refractivity contribution < 1.29 is 113 Å². The fraction of sp³-hybridized carbons (Fsp3) is 0.965. The smallest absolute Gasteiger partial charge is 0.462 e. The van der Waals surface area contributed by atoms with E-state index in [1.54, 1.807) is 0 Å². The maximum absolute atomic E-state index is 14.1. The van der Waals surface area contributed by atoms with Crippen LogP contribution in [0.15, 0.2) is 0 Å². The van der Waals surface area contributed by atoms with E-state index in [9.17, 15) is 75.2 Å². The van der Waals surface area contributed by atoms with Crippen molar-refractivity contribution in [1.29, 1.82) is 0 Å². The van der Waals surface area contributed by atoms with Crippen molar-refractivity contribution in [2.75, 3.05) is 26.4 Å². The zero-order valence-corrected chi connectivity index (χ0v) is 49.6. The van der Waals surface area contributed by atoms with Gasteiger partial charge in [-0.2, -0.15) is 0 Å². The highest BCUT2D eigenvalue weighted by Gasteiger charge is 2.58. The number of hydrogen-bond donors (Lipinski definition) is 12. The molecule has 0 radical (unpaired) electrons. The van der Waals surface area contributed by atoms with Gasteiger partial charge in [-0.05, 0) is 18.8 Å². The molecule has 2 heterocycles. The van der Waals surface area contributed by atoms with Gasteiger partial charge in [0.05, 0.1) is 19.8 Å². The van der Waals surface area contributed by atoms with Crippen LogP contribution >= 0.6 is 7.82 Å². The van der Waals surface area contributed by atoms with E-state index in [1.807, 2.05) is 0 Å². The number of hydrogen-bond acceptors (Lipinski definition) is 22. The molecular formula is C57H107O23P. The van der Waals surface area contributed by atoms with Crippen molar-refractivity contribution in [2.45, 2.75) is 318 Å². The summed E-state index contributed by atoms with van der Waals surface area (Å²) < 4.78 is 58.2. The number of carbonyl (C=O) groups excluding carboxylic acids is 2. The summed E-state index contributed by atoms with van der Waals surface area (Å²) in [6.07, 6.45) is -3.48. The van der Waals surface area contributed by atoms with Gasteiger partial charge in [-0.1, -0.05) is 188 Å². The Bertz CT molecular complexity index is 1630. The van der Waals surface area contributed by atoms with E-state index in [4.69, 9.17) is 37.5 Å². The summed E-state index contributed by atoms with van der Waals surface area (Å²) in [5.41, 5.74) is 0. The lowest BCUT2D eigenvalue weighted by atomic mass is 9.84. The summed E-state index contributed by atoms with van der Waals surface area (Å²) in [6, 6.07) is 0. The second-order valence-corrected chi connectivity index (χ2v) is 24.3. The first kappa shape index (κ1) is 73.7. The van der Waals surface area contributed by atoms with Gasteiger partial charge in [-0.25, -0.2) is 4.57 Å². The molecule has 3 rings (SSSR count). The third kappa shape index (κ3) is 27.4. The highest BCUT2D eigenvalue weighted by Crippen LogP contribution is 2.49. The standard InChI is InChI=1S/C57H107O23P/c1-4-6-8-10-12-13-14-15-16-17-18-19-24-28-32-42(60)73-36-39(75-43(61)33-29-25-21-20-23-27-31-38(3)30-26-22-11-9-7-5-2)37-74-81(71,72)80-55-53(78-56-51(69)46(64)44(62)40(34-58)76-56)49(67)48(66)50(68)54(55)79-57-52(70)47(65)45(63)41(35-59)77-57/h38-41,44-59,62-70H,4-37H2,1-3H3,(H,71,72). The Hall–Kier alpha value is -1.55. The van der Waals surface area contributed by atoms with E-state index in [-0.39, 0.29) is 12.8 Å². The molecule has 24 heteroatoms. The summed E-state index contributed by atoms with van der Waals surface area (Å²) in [7, 11) is -5.63. The van der Waals surface area contributed by atoms with Gasteiger partial charge < -0.3 is 89.5 Å². The lowest BCUT2D eigenvalue weighted by Gasteiger charge is -2.49. The number of phosphoric ester groups is 1. The lowest BCUT2D eigenvalue weighted by Crippen LogP contribution is -2.69. The SMILES string of the molecule is CCCCCCCCCCCCCCCCC(=O)OCC(COP(=O)(O)OC1C(OC2OC(CO)C(O)C(O)C2O)C(O)C(O)C(O)C1OC1OC(CO)C(O)C(O)C1O)OC(=O)CCCCCCCCC(C)CCCCCCCC. The van der Waals surface area contributed by atoms with Crippen molar-refractivity contribution in [3.05, 3.63) is 0 Å². The molecule has 0 amide bonds. The maximum atomic E-state index is 14.1. The van der Waals surface area contributed by atoms with Crippen LogP contribution in [0.25, 0.3) is 0 Å². The van der Waals surface area contributed by atoms with Crippen LogP contribution in [0.1, 0.15) is 213 Å². The quantitative estimate of drug-likeness (QED) is 0.0221. The van der Waals surface area contributed by atoms with Gasteiger partial charge in [0.2, 0.25) is 0 Å². The third-order valence-electron chi connectivity index (χ3n) is 15.8. The van der Waals surface area contributed by atoms with Crippen LogP contribution in [0, 0.1) is 5.92 Å². The molecule has 0 spiro atoms. The fourth-order valence-electron chi connectivity index (χ4n) is 10.6.